The van der Waals surface area contributed by atoms with E-state index in [0.717, 1.165) is 6.42 Å². The summed E-state index contributed by atoms with van der Waals surface area (Å²) in [6, 6.07) is 0. The van der Waals surface area contributed by atoms with Gasteiger partial charge in [0.25, 0.3) is 0 Å². The first-order chi connectivity index (χ1) is 5.66. The third-order valence-corrected chi connectivity index (χ3v) is 4.06. The Balaban J connectivity index is 0. The van der Waals surface area contributed by atoms with Gasteiger partial charge in [0, 0.05) is 27.9 Å². The topological polar surface area (TPSA) is 57.0 Å². The summed E-state index contributed by atoms with van der Waals surface area (Å²) in [4.78, 5) is 0. The largest absolute Gasteiger partial charge is 0.612 e. The maximum Gasteiger partial charge on any atom is 0.612 e. The molecular formula is C6H19ClN2O3Si. The highest BCUT2D eigenvalue weighted by atomic mass is 35.5. The average molecular weight is 231 g/mol. The lowest BCUT2D eigenvalue weighted by Crippen LogP contribution is -2.62. The second-order valence-corrected chi connectivity index (χ2v) is 5.18. The van der Waals surface area contributed by atoms with E-state index in [4.69, 9.17) is 19.1 Å². The first kappa shape index (κ1) is 15.8. The molecule has 82 valence electrons. The molecule has 0 spiro atoms. The SMILES string of the molecule is CCCN(N)[Si](OC)(OC)OC.Cl. The summed E-state index contributed by atoms with van der Waals surface area (Å²) in [5, 5.41) is 0. The van der Waals surface area contributed by atoms with Gasteiger partial charge in [-0.05, 0) is 6.42 Å². The molecule has 7 heteroatoms. The quantitative estimate of drug-likeness (QED) is 0.406. The van der Waals surface area contributed by atoms with Crippen LogP contribution in [0.2, 0.25) is 0 Å². The van der Waals surface area contributed by atoms with Gasteiger partial charge in [0.05, 0.1) is 0 Å². The molecule has 0 heterocycles. The monoisotopic (exact) mass is 230 g/mol. The molecule has 0 bridgehead atoms. The van der Waals surface area contributed by atoms with E-state index in [1.807, 2.05) is 6.92 Å². The predicted octanol–water partition coefficient (Wildman–Crippen LogP) is 0.369. The highest BCUT2D eigenvalue weighted by molar-refractivity contribution is 6.57. The maximum absolute atomic E-state index is 5.72. The molecule has 0 aromatic rings. The molecule has 2 N–H and O–H groups in total. The van der Waals surface area contributed by atoms with Crippen molar-refractivity contribution in [3.63, 3.8) is 0 Å². The summed E-state index contributed by atoms with van der Waals surface area (Å²) in [6.07, 6.45) is 0.932. The Labute approximate surface area is 87.0 Å². The number of hydrogen-bond acceptors (Lipinski definition) is 5. The van der Waals surface area contributed by atoms with Crippen LogP contribution in [0, 0.1) is 0 Å². The van der Waals surface area contributed by atoms with Gasteiger partial charge in [0.1, 0.15) is 0 Å². The van der Waals surface area contributed by atoms with Gasteiger partial charge in [-0.3, -0.25) is 5.84 Å². The fourth-order valence-corrected chi connectivity index (χ4v) is 2.68. The third-order valence-electron chi connectivity index (χ3n) is 1.59. The van der Waals surface area contributed by atoms with Crippen LogP contribution in [0.1, 0.15) is 13.3 Å². The molecule has 0 aliphatic carbocycles. The van der Waals surface area contributed by atoms with Crippen molar-refractivity contribution in [2.75, 3.05) is 27.9 Å². The molecular weight excluding hydrogens is 212 g/mol. The van der Waals surface area contributed by atoms with E-state index in [-0.39, 0.29) is 12.4 Å². The summed E-state index contributed by atoms with van der Waals surface area (Å²) in [5.41, 5.74) is 0. The molecule has 0 fully saturated rings. The summed E-state index contributed by atoms with van der Waals surface area (Å²) >= 11 is 0. The van der Waals surface area contributed by atoms with Crippen LogP contribution >= 0.6 is 12.4 Å². The predicted molar refractivity (Wildman–Crippen MR) is 55.2 cm³/mol. The van der Waals surface area contributed by atoms with Gasteiger partial charge in [0.15, 0.2) is 0 Å². The van der Waals surface area contributed by atoms with Crippen molar-refractivity contribution < 1.29 is 13.3 Å². The van der Waals surface area contributed by atoms with E-state index < -0.39 is 8.97 Å². The molecule has 5 nitrogen and oxygen atoms in total. The van der Waals surface area contributed by atoms with Gasteiger partial charge >= 0.3 is 8.97 Å². The molecule has 0 aliphatic heterocycles. The van der Waals surface area contributed by atoms with E-state index in [1.165, 1.54) is 26.0 Å². The maximum atomic E-state index is 5.72. The van der Waals surface area contributed by atoms with E-state index in [1.54, 1.807) is 0 Å². The lowest BCUT2D eigenvalue weighted by molar-refractivity contribution is 0.0571. The molecule has 0 radical (unpaired) electrons. The highest BCUT2D eigenvalue weighted by Gasteiger charge is 2.44. The van der Waals surface area contributed by atoms with E-state index in [2.05, 4.69) is 0 Å². The smallest absolute Gasteiger partial charge is 0.364 e. The molecule has 0 aliphatic rings. The molecule has 0 rings (SSSR count). The zero-order valence-corrected chi connectivity index (χ0v) is 10.4. The Morgan fingerprint density at radius 2 is 1.54 bits per heavy atom. The first-order valence-electron chi connectivity index (χ1n) is 3.84. The van der Waals surface area contributed by atoms with Crippen LogP contribution in [-0.2, 0) is 13.3 Å². The Bertz CT molecular complexity index is 118. The van der Waals surface area contributed by atoms with Gasteiger partial charge < -0.3 is 13.3 Å². The minimum atomic E-state index is -2.73. The number of nitrogens with two attached hydrogens (primary N) is 1. The van der Waals surface area contributed by atoms with Crippen LogP contribution in [0.5, 0.6) is 0 Å². The van der Waals surface area contributed by atoms with Crippen molar-refractivity contribution in [1.82, 2.24) is 4.67 Å². The second-order valence-electron chi connectivity index (χ2n) is 2.33. The average Bonchev–Trinajstić information content (AvgIpc) is 2.09. The van der Waals surface area contributed by atoms with E-state index >= 15 is 0 Å². The summed E-state index contributed by atoms with van der Waals surface area (Å²) in [7, 11) is 1.88. The fraction of sp³-hybridized carbons (Fsp3) is 1.00. The summed E-state index contributed by atoms with van der Waals surface area (Å²) < 4.78 is 16.9. The van der Waals surface area contributed by atoms with Crippen LogP contribution in [0.3, 0.4) is 0 Å². The Kier molecular flexibility index (Phi) is 9.32. The molecule has 0 saturated heterocycles. The fourth-order valence-electron chi connectivity index (χ4n) is 0.980. The van der Waals surface area contributed by atoms with E-state index in [0.29, 0.717) is 6.54 Å². The minimum Gasteiger partial charge on any atom is -0.364 e. The molecule has 0 saturated carbocycles. The summed E-state index contributed by atoms with van der Waals surface area (Å²) in [5.74, 6) is 5.72. The number of rotatable bonds is 6. The molecule has 13 heavy (non-hydrogen) atoms. The molecule has 0 aromatic heterocycles. The lowest BCUT2D eigenvalue weighted by atomic mass is 10.5. The number of hydrazine groups is 1. The molecule has 0 amide bonds. The van der Waals surface area contributed by atoms with E-state index in [9.17, 15) is 0 Å². The van der Waals surface area contributed by atoms with Crippen LogP contribution in [0.4, 0.5) is 0 Å². The van der Waals surface area contributed by atoms with Crippen molar-refractivity contribution in [1.29, 1.82) is 0 Å². The highest BCUT2D eigenvalue weighted by Crippen LogP contribution is 2.08. The van der Waals surface area contributed by atoms with Gasteiger partial charge in [-0.25, -0.2) is 0 Å². The van der Waals surface area contributed by atoms with Gasteiger partial charge in [-0.1, -0.05) is 6.92 Å². The standard InChI is InChI=1S/C6H18N2O3Si.ClH/c1-5-6-8(7)12(9-2,10-3)11-4;/h5-7H2,1-4H3;1H. The molecule has 0 atom stereocenters. The molecule has 0 aromatic carbocycles. The Morgan fingerprint density at radius 3 is 1.77 bits per heavy atom. The lowest BCUT2D eigenvalue weighted by Gasteiger charge is -2.31. The Morgan fingerprint density at radius 1 is 1.15 bits per heavy atom. The molecule has 0 unspecified atom stereocenters. The second kappa shape index (κ2) is 7.69. The van der Waals surface area contributed by atoms with Crippen LogP contribution in [-0.4, -0.2) is 41.5 Å². The third kappa shape index (κ3) is 3.90. The van der Waals surface area contributed by atoms with Gasteiger partial charge in [0.2, 0.25) is 0 Å². The van der Waals surface area contributed by atoms with Crippen molar-refractivity contribution >= 4 is 21.4 Å². The first-order valence-corrected chi connectivity index (χ1v) is 5.51. The van der Waals surface area contributed by atoms with Crippen LogP contribution in [0.15, 0.2) is 0 Å². The van der Waals surface area contributed by atoms with Crippen molar-refractivity contribution in [3.05, 3.63) is 0 Å². The minimum absolute atomic E-state index is 0. The van der Waals surface area contributed by atoms with Crippen LogP contribution in [0.25, 0.3) is 0 Å². The van der Waals surface area contributed by atoms with Gasteiger partial charge in [-0.2, -0.15) is 4.67 Å². The normalized spacial score (nSPS) is 11.5. The number of halogens is 1. The van der Waals surface area contributed by atoms with Crippen molar-refractivity contribution in [2.45, 2.75) is 13.3 Å². The van der Waals surface area contributed by atoms with Crippen molar-refractivity contribution in [3.8, 4) is 0 Å². The number of hydrogen-bond donors (Lipinski definition) is 1. The van der Waals surface area contributed by atoms with Crippen LogP contribution < -0.4 is 5.84 Å². The number of nitrogens with zero attached hydrogens (tertiary/aromatic N) is 1. The van der Waals surface area contributed by atoms with Gasteiger partial charge in [-0.15, -0.1) is 12.4 Å². The summed E-state index contributed by atoms with van der Waals surface area (Å²) in [6.45, 7) is 2.72. The Hall–Kier alpha value is 0.307. The zero-order chi connectivity index (χ0) is 9.61. The zero-order valence-electron chi connectivity index (χ0n) is 8.57. The van der Waals surface area contributed by atoms with Crippen molar-refractivity contribution in [2.24, 2.45) is 5.84 Å².